The van der Waals surface area contributed by atoms with E-state index in [0.717, 1.165) is 26.2 Å². The molecule has 4 nitrogen and oxygen atoms in total. The summed E-state index contributed by atoms with van der Waals surface area (Å²) in [4.78, 5) is 20.3. The van der Waals surface area contributed by atoms with Crippen molar-refractivity contribution in [3.63, 3.8) is 0 Å². The minimum absolute atomic E-state index is 0.148. The number of carbonyl (C=O) groups is 1. The number of ketones is 1. The maximum atomic E-state index is 11.7. The van der Waals surface area contributed by atoms with Crippen molar-refractivity contribution in [3.8, 4) is 0 Å². The average molecular weight is 225 g/mol. The Labute approximate surface area is 93.5 Å². The smallest absolute Gasteiger partial charge is 0.205 e. The lowest BCUT2D eigenvalue weighted by molar-refractivity contribution is 0.0876. The number of thiazole rings is 1. The van der Waals surface area contributed by atoms with E-state index in [1.807, 2.05) is 5.38 Å². The van der Waals surface area contributed by atoms with E-state index in [1.54, 1.807) is 6.20 Å². The van der Waals surface area contributed by atoms with Crippen LogP contribution in [0.5, 0.6) is 0 Å². The van der Waals surface area contributed by atoms with Crippen LogP contribution in [0.15, 0.2) is 11.6 Å². The standard InChI is InChI=1S/C10H15N3OS/c1-12-3-5-13(6-4-12)8-9(14)10-11-2-7-15-10/h2,7H,3-6,8H2,1H3. The van der Waals surface area contributed by atoms with Gasteiger partial charge in [-0.2, -0.15) is 0 Å². The minimum Gasteiger partial charge on any atom is -0.304 e. The van der Waals surface area contributed by atoms with Gasteiger partial charge in [-0.25, -0.2) is 4.98 Å². The Morgan fingerprint density at radius 3 is 2.80 bits per heavy atom. The summed E-state index contributed by atoms with van der Waals surface area (Å²) in [5, 5.41) is 2.48. The van der Waals surface area contributed by atoms with Gasteiger partial charge in [-0.3, -0.25) is 9.69 Å². The summed E-state index contributed by atoms with van der Waals surface area (Å²) in [6.45, 7) is 4.57. The molecular formula is C10H15N3OS. The molecule has 2 heterocycles. The summed E-state index contributed by atoms with van der Waals surface area (Å²) in [5.41, 5.74) is 0. The van der Waals surface area contributed by atoms with Crippen molar-refractivity contribution in [2.75, 3.05) is 39.8 Å². The summed E-state index contributed by atoms with van der Waals surface area (Å²) in [6.07, 6.45) is 1.68. The number of nitrogens with zero attached hydrogens (tertiary/aromatic N) is 3. The molecule has 0 amide bonds. The maximum Gasteiger partial charge on any atom is 0.205 e. The first-order chi connectivity index (χ1) is 7.25. The minimum atomic E-state index is 0.148. The SMILES string of the molecule is CN1CCN(CC(=O)c2nccs2)CC1. The van der Waals surface area contributed by atoms with Gasteiger partial charge in [0.2, 0.25) is 5.78 Å². The zero-order chi connectivity index (χ0) is 10.7. The fraction of sp³-hybridized carbons (Fsp3) is 0.600. The fourth-order valence-corrected chi connectivity index (χ4v) is 2.21. The van der Waals surface area contributed by atoms with E-state index in [1.165, 1.54) is 11.3 Å². The Hall–Kier alpha value is -0.780. The molecular weight excluding hydrogens is 210 g/mol. The van der Waals surface area contributed by atoms with Crippen LogP contribution in [0.3, 0.4) is 0 Å². The predicted octanol–water partition coefficient (Wildman–Crippen LogP) is 0.573. The second-order valence-electron chi connectivity index (χ2n) is 3.84. The molecule has 1 aliphatic heterocycles. The number of rotatable bonds is 3. The molecule has 0 unspecified atom stereocenters. The van der Waals surface area contributed by atoms with Gasteiger partial charge < -0.3 is 4.90 Å². The molecule has 1 aliphatic rings. The molecule has 0 bridgehead atoms. The zero-order valence-electron chi connectivity index (χ0n) is 8.85. The summed E-state index contributed by atoms with van der Waals surface area (Å²) < 4.78 is 0. The molecule has 82 valence electrons. The Morgan fingerprint density at radius 2 is 2.20 bits per heavy atom. The highest BCUT2D eigenvalue weighted by molar-refractivity contribution is 7.11. The van der Waals surface area contributed by atoms with Gasteiger partial charge in [-0.15, -0.1) is 11.3 Å². The van der Waals surface area contributed by atoms with Gasteiger partial charge in [0.1, 0.15) is 0 Å². The molecule has 0 aromatic carbocycles. The van der Waals surface area contributed by atoms with Crippen molar-refractivity contribution in [1.29, 1.82) is 0 Å². The fourth-order valence-electron chi connectivity index (χ4n) is 1.64. The van der Waals surface area contributed by atoms with E-state index >= 15 is 0 Å². The number of hydrogen-bond donors (Lipinski definition) is 0. The van der Waals surface area contributed by atoms with Gasteiger partial charge >= 0.3 is 0 Å². The highest BCUT2D eigenvalue weighted by Crippen LogP contribution is 2.07. The quantitative estimate of drug-likeness (QED) is 0.705. The molecule has 5 heteroatoms. The van der Waals surface area contributed by atoms with Crippen molar-refractivity contribution in [3.05, 3.63) is 16.6 Å². The molecule has 15 heavy (non-hydrogen) atoms. The van der Waals surface area contributed by atoms with Crippen LogP contribution in [0.4, 0.5) is 0 Å². The van der Waals surface area contributed by atoms with E-state index in [2.05, 4.69) is 21.8 Å². The van der Waals surface area contributed by atoms with Crippen LogP contribution in [0.2, 0.25) is 0 Å². The topological polar surface area (TPSA) is 36.4 Å². The molecule has 0 spiro atoms. The van der Waals surface area contributed by atoms with Crippen LogP contribution in [-0.2, 0) is 0 Å². The highest BCUT2D eigenvalue weighted by atomic mass is 32.1. The van der Waals surface area contributed by atoms with E-state index in [-0.39, 0.29) is 5.78 Å². The first kappa shape index (κ1) is 10.7. The van der Waals surface area contributed by atoms with Crippen molar-refractivity contribution >= 4 is 17.1 Å². The first-order valence-corrected chi connectivity index (χ1v) is 5.97. The average Bonchev–Trinajstić information content (AvgIpc) is 2.74. The van der Waals surface area contributed by atoms with E-state index < -0.39 is 0 Å². The zero-order valence-corrected chi connectivity index (χ0v) is 9.66. The van der Waals surface area contributed by atoms with Crippen LogP contribution in [0, 0.1) is 0 Å². The molecule has 1 saturated heterocycles. The van der Waals surface area contributed by atoms with Gasteiger partial charge in [-0.05, 0) is 7.05 Å². The second-order valence-corrected chi connectivity index (χ2v) is 4.73. The summed E-state index contributed by atoms with van der Waals surface area (Å²) in [6, 6.07) is 0. The number of piperazine rings is 1. The molecule has 0 radical (unpaired) electrons. The van der Waals surface area contributed by atoms with E-state index in [9.17, 15) is 4.79 Å². The van der Waals surface area contributed by atoms with Crippen molar-refractivity contribution in [2.45, 2.75) is 0 Å². The van der Waals surface area contributed by atoms with Crippen molar-refractivity contribution < 1.29 is 4.79 Å². The number of carbonyl (C=O) groups excluding carboxylic acids is 1. The summed E-state index contributed by atoms with van der Waals surface area (Å²) >= 11 is 1.42. The molecule has 2 rings (SSSR count). The molecule has 1 aromatic heterocycles. The molecule has 0 atom stereocenters. The number of hydrogen-bond acceptors (Lipinski definition) is 5. The Balaban J connectivity index is 1.85. The van der Waals surface area contributed by atoms with E-state index in [0.29, 0.717) is 11.6 Å². The van der Waals surface area contributed by atoms with Crippen LogP contribution in [0.25, 0.3) is 0 Å². The first-order valence-electron chi connectivity index (χ1n) is 5.09. The summed E-state index contributed by atoms with van der Waals surface area (Å²) in [5.74, 6) is 0.148. The van der Waals surface area contributed by atoms with E-state index in [4.69, 9.17) is 0 Å². The van der Waals surface area contributed by atoms with Gasteiger partial charge in [0.25, 0.3) is 0 Å². The highest BCUT2D eigenvalue weighted by Gasteiger charge is 2.18. The maximum absolute atomic E-state index is 11.7. The predicted molar refractivity (Wildman–Crippen MR) is 60.4 cm³/mol. The second kappa shape index (κ2) is 4.83. The van der Waals surface area contributed by atoms with Crippen LogP contribution in [-0.4, -0.2) is 60.3 Å². The Kier molecular flexibility index (Phi) is 3.45. The third-order valence-corrected chi connectivity index (χ3v) is 3.45. The lowest BCUT2D eigenvalue weighted by Gasteiger charge is -2.31. The molecule has 1 aromatic rings. The molecule has 0 N–H and O–H groups in total. The molecule has 0 aliphatic carbocycles. The normalized spacial score (nSPS) is 19.3. The van der Waals surface area contributed by atoms with Gasteiger partial charge in [0.05, 0.1) is 6.54 Å². The monoisotopic (exact) mass is 225 g/mol. The third kappa shape index (κ3) is 2.84. The van der Waals surface area contributed by atoms with Crippen LogP contribution >= 0.6 is 11.3 Å². The van der Waals surface area contributed by atoms with Crippen LogP contribution in [0.1, 0.15) is 9.80 Å². The largest absolute Gasteiger partial charge is 0.304 e. The van der Waals surface area contributed by atoms with Crippen molar-refractivity contribution in [1.82, 2.24) is 14.8 Å². The molecule has 0 saturated carbocycles. The lowest BCUT2D eigenvalue weighted by Crippen LogP contribution is -2.46. The lowest BCUT2D eigenvalue weighted by atomic mass is 10.3. The summed E-state index contributed by atoms with van der Waals surface area (Å²) in [7, 11) is 2.11. The Morgan fingerprint density at radius 1 is 1.47 bits per heavy atom. The number of likely N-dealkylation sites (N-methyl/N-ethyl adjacent to an activating group) is 1. The van der Waals surface area contributed by atoms with Gasteiger partial charge in [0, 0.05) is 37.8 Å². The molecule has 1 fully saturated rings. The van der Waals surface area contributed by atoms with Crippen LogP contribution < -0.4 is 0 Å². The van der Waals surface area contributed by atoms with Gasteiger partial charge in [-0.1, -0.05) is 0 Å². The number of aromatic nitrogens is 1. The van der Waals surface area contributed by atoms with Crippen molar-refractivity contribution in [2.24, 2.45) is 0 Å². The van der Waals surface area contributed by atoms with Gasteiger partial charge in [0.15, 0.2) is 5.01 Å². The Bertz CT molecular complexity index is 317. The third-order valence-electron chi connectivity index (χ3n) is 2.63. The number of Topliss-reactive ketones (excluding diaryl/α,β-unsaturated/α-hetero) is 1.